The lowest BCUT2D eigenvalue weighted by atomic mass is 10.1. The van der Waals surface area contributed by atoms with Gasteiger partial charge >= 0.3 is 6.03 Å². The van der Waals surface area contributed by atoms with Gasteiger partial charge in [0.25, 0.3) is 0 Å². The van der Waals surface area contributed by atoms with Crippen molar-refractivity contribution >= 4 is 28.6 Å². The third-order valence-corrected chi connectivity index (χ3v) is 6.50. The second kappa shape index (κ2) is 9.15. The number of H-pyrrole nitrogens is 1. The zero-order valence-corrected chi connectivity index (χ0v) is 19.7. The minimum absolute atomic E-state index is 0.158. The second-order valence-electron chi connectivity index (χ2n) is 8.65. The third kappa shape index (κ3) is 4.20. The molecule has 3 heterocycles. The van der Waals surface area contributed by atoms with Crippen molar-refractivity contribution < 1.29 is 4.79 Å². The summed E-state index contributed by atoms with van der Waals surface area (Å²) in [5.74, 6) is 0. The number of hydrogen-bond donors (Lipinski definition) is 2. The lowest BCUT2D eigenvalue weighted by molar-refractivity contribution is 0.249. The number of urea groups is 1. The van der Waals surface area contributed by atoms with Crippen molar-refractivity contribution in [2.45, 2.75) is 0 Å². The molecule has 1 fully saturated rings. The Labute approximate surface area is 199 Å². The zero-order chi connectivity index (χ0) is 23.7. The molecule has 2 N–H and O–H groups in total. The number of rotatable bonds is 4. The molecule has 0 bridgehead atoms. The van der Waals surface area contributed by atoms with E-state index < -0.39 is 0 Å². The van der Waals surface area contributed by atoms with Crippen LogP contribution in [0.25, 0.3) is 33.5 Å². The molecule has 1 saturated heterocycles. The maximum atomic E-state index is 11.9. The number of hydrogen-bond acceptors (Lipinski definition) is 5. The summed E-state index contributed by atoms with van der Waals surface area (Å²) in [4.78, 5) is 31.0. The van der Waals surface area contributed by atoms with E-state index in [1.165, 1.54) is 5.69 Å². The van der Waals surface area contributed by atoms with Crippen molar-refractivity contribution in [1.82, 2.24) is 25.2 Å². The monoisotopic (exact) mass is 455 g/mol. The van der Waals surface area contributed by atoms with Gasteiger partial charge in [-0.15, -0.1) is 0 Å². The Hall–Kier alpha value is -3.91. The van der Waals surface area contributed by atoms with E-state index in [0.29, 0.717) is 0 Å². The molecule has 0 unspecified atom stereocenters. The molecule has 0 atom stereocenters. The van der Waals surface area contributed by atoms with E-state index in [9.17, 15) is 4.79 Å². The second-order valence-corrected chi connectivity index (χ2v) is 8.65. The fourth-order valence-electron chi connectivity index (χ4n) is 4.31. The van der Waals surface area contributed by atoms with Crippen LogP contribution in [-0.2, 0) is 0 Å². The van der Waals surface area contributed by atoms with Crippen molar-refractivity contribution in [2.75, 3.05) is 57.1 Å². The van der Waals surface area contributed by atoms with Crippen LogP contribution in [0, 0.1) is 0 Å². The first-order valence-corrected chi connectivity index (χ1v) is 11.5. The summed E-state index contributed by atoms with van der Waals surface area (Å²) in [6.45, 7) is 4.27. The van der Waals surface area contributed by atoms with Crippen LogP contribution >= 0.6 is 0 Å². The molecule has 2 amide bonds. The number of aromatic nitrogens is 3. The van der Waals surface area contributed by atoms with Crippen molar-refractivity contribution in [2.24, 2.45) is 0 Å². The van der Waals surface area contributed by atoms with Crippen LogP contribution in [0.2, 0.25) is 0 Å². The van der Waals surface area contributed by atoms with E-state index in [2.05, 4.69) is 56.4 Å². The Morgan fingerprint density at radius 1 is 1.00 bits per heavy atom. The molecule has 4 aromatic rings. The van der Waals surface area contributed by atoms with Gasteiger partial charge in [0.15, 0.2) is 5.65 Å². The summed E-state index contributed by atoms with van der Waals surface area (Å²) in [6, 6.07) is 16.3. The van der Waals surface area contributed by atoms with Crippen molar-refractivity contribution in [3.8, 4) is 22.4 Å². The maximum Gasteiger partial charge on any atom is 0.321 e. The Balaban J connectivity index is 1.41. The van der Waals surface area contributed by atoms with E-state index in [4.69, 9.17) is 4.98 Å². The van der Waals surface area contributed by atoms with Crippen molar-refractivity contribution in [3.05, 3.63) is 60.9 Å². The van der Waals surface area contributed by atoms with Gasteiger partial charge in [0.2, 0.25) is 0 Å². The summed E-state index contributed by atoms with van der Waals surface area (Å²) in [5, 5.41) is 2.63. The Morgan fingerprint density at radius 3 is 2.35 bits per heavy atom. The minimum atomic E-state index is -0.158. The van der Waals surface area contributed by atoms with Gasteiger partial charge in [-0.05, 0) is 36.9 Å². The molecule has 2 aromatic heterocycles. The highest BCUT2D eigenvalue weighted by Gasteiger charge is 2.15. The smallest absolute Gasteiger partial charge is 0.321 e. The molecule has 174 valence electrons. The predicted molar refractivity (Wildman–Crippen MR) is 137 cm³/mol. The molecule has 1 aliphatic rings. The summed E-state index contributed by atoms with van der Waals surface area (Å²) >= 11 is 0. The normalized spacial score (nSPS) is 14.4. The van der Waals surface area contributed by atoms with Crippen LogP contribution in [0.15, 0.2) is 60.9 Å². The molecule has 2 aromatic carbocycles. The number of nitrogens with one attached hydrogen (secondary N) is 2. The van der Waals surface area contributed by atoms with E-state index in [-0.39, 0.29) is 6.03 Å². The molecular weight excluding hydrogens is 426 g/mol. The summed E-state index contributed by atoms with van der Waals surface area (Å²) in [7, 11) is 5.53. The van der Waals surface area contributed by atoms with Crippen LogP contribution in [0.1, 0.15) is 0 Å². The largest absolute Gasteiger partial charge is 0.369 e. The van der Waals surface area contributed by atoms with E-state index in [1.807, 2.05) is 36.7 Å². The molecule has 1 aliphatic heterocycles. The number of fused-ring (bicyclic) bond motifs is 1. The first-order chi connectivity index (χ1) is 16.5. The van der Waals surface area contributed by atoms with Crippen LogP contribution in [0.3, 0.4) is 0 Å². The number of amides is 2. The fraction of sp³-hybridized carbons (Fsp3) is 0.269. The molecule has 0 radical (unpaired) electrons. The van der Waals surface area contributed by atoms with Crippen molar-refractivity contribution in [1.29, 1.82) is 0 Å². The number of aromatic amines is 1. The van der Waals surface area contributed by atoms with Gasteiger partial charge in [-0.2, -0.15) is 0 Å². The van der Waals surface area contributed by atoms with Gasteiger partial charge in [0.1, 0.15) is 5.52 Å². The fourth-order valence-corrected chi connectivity index (χ4v) is 4.31. The molecule has 5 rings (SSSR count). The topological polar surface area (TPSA) is 80.4 Å². The first-order valence-electron chi connectivity index (χ1n) is 11.5. The molecule has 34 heavy (non-hydrogen) atoms. The molecule has 0 saturated carbocycles. The number of benzene rings is 2. The van der Waals surface area contributed by atoms with E-state index >= 15 is 0 Å². The molecular formula is C26H29N7O. The lowest BCUT2D eigenvalue weighted by Crippen LogP contribution is -2.44. The lowest BCUT2D eigenvalue weighted by Gasteiger charge is -2.34. The number of carbonyl (C=O) groups is 1. The van der Waals surface area contributed by atoms with Gasteiger partial charge in [-0.1, -0.05) is 24.3 Å². The molecule has 0 spiro atoms. The number of piperazine rings is 1. The van der Waals surface area contributed by atoms with Gasteiger partial charge in [0.05, 0.1) is 11.9 Å². The minimum Gasteiger partial charge on any atom is -0.369 e. The van der Waals surface area contributed by atoms with Crippen LogP contribution in [-0.4, -0.2) is 73.2 Å². The SMILES string of the molecule is CNC(=O)N(C)c1ccc(-c2c[nH]c3ncc(-c4ccc(N5CCN(C)CC5)cc4)nc23)cc1. The average molecular weight is 456 g/mol. The standard InChI is InChI=1S/C26H29N7O/c1-27-26(34)32(3)20-8-4-18(5-9-20)22-16-28-25-24(22)30-23(17-29-25)19-6-10-21(11-7-19)33-14-12-31(2)13-15-33/h4-11,16-17H,12-15H2,1-3H3,(H,27,34)(H,28,29). The predicted octanol–water partition coefficient (Wildman–Crippen LogP) is 3.82. The molecule has 8 nitrogen and oxygen atoms in total. The van der Waals surface area contributed by atoms with Crippen molar-refractivity contribution in [3.63, 3.8) is 0 Å². The Morgan fingerprint density at radius 2 is 1.68 bits per heavy atom. The number of anilines is 2. The van der Waals surface area contributed by atoms with Crippen LogP contribution < -0.4 is 15.1 Å². The third-order valence-electron chi connectivity index (χ3n) is 6.50. The summed E-state index contributed by atoms with van der Waals surface area (Å²) in [6.07, 6.45) is 3.75. The van der Waals surface area contributed by atoms with E-state index in [1.54, 1.807) is 19.0 Å². The maximum absolute atomic E-state index is 11.9. The summed E-state index contributed by atoms with van der Waals surface area (Å²) in [5.41, 5.74) is 7.51. The highest BCUT2D eigenvalue weighted by atomic mass is 16.2. The summed E-state index contributed by atoms with van der Waals surface area (Å²) < 4.78 is 0. The molecule has 8 heteroatoms. The zero-order valence-electron chi connectivity index (χ0n) is 19.7. The van der Waals surface area contributed by atoms with Crippen LogP contribution in [0.5, 0.6) is 0 Å². The van der Waals surface area contributed by atoms with E-state index in [0.717, 1.165) is 65.4 Å². The Bertz CT molecular complexity index is 1290. The highest BCUT2D eigenvalue weighted by Crippen LogP contribution is 2.30. The van der Waals surface area contributed by atoms with Gasteiger partial charge in [-0.3, -0.25) is 4.90 Å². The number of nitrogens with zero attached hydrogens (tertiary/aromatic N) is 5. The molecule has 0 aliphatic carbocycles. The number of likely N-dealkylation sites (N-methyl/N-ethyl adjacent to an activating group) is 1. The van der Waals surface area contributed by atoms with Gasteiger partial charge in [0, 0.05) is 69.0 Å². The highest BCUT2D eigenvalue weighted by molar-refractivity contribution is 5.94. The van der Waals surface area contributed by atoms with Gasteiger partial charge in [-0.25, -0.2) is 14.8 Å². The van der Waals surface area contributed by atoms with Crippen LogP contribution in [0.4, 0.5) is 16.2 Å². The number of carbonyl (C=O) groups excluding carboxylic acids is 1. The average Bonchev–Trinajstić information content (AvgIpc) is 3.32. The quantitative estimate of drug-likeness (QED) is 0.489. The first kappa shape index (κ1) is 21.9. The Kier molecular flexibility index (Phi) is 5.90. The van der Waals surface area contributed by atoms with Gasteiger partial charge < -0.3 is 20.1 Å².